The Kier molecular flexibility index (Phi) is 7.95. The number of benzene rings is 1. The first kappa shape index (κ1) is 19.7. The summed E-state index contributed by atoms with van der Waals surface area (Å²) >= 11 is 0. The van der Waals surface area contributed by atoms with Crippen LogP contribution < -0.4 is 10.1 Å². The van der Waals surface area contributed by atoms with Gasteiger partial charge in [-0.05, 0) is 25.5 Å². The molecule has 0 radical (unpaired) electrons. The van der Waals surface area contributed by atoms with Gasteiger partial charge >= 0.3 is 5.97 Å². The second-order valence-corrected chi connectivity index (χ2v) is 5.73. The molecule has 1 rings (SSSR count). The largest absolute Gasteiger partial charge is 0.496 e. The molecule has 6 nitrogen and oxygen atoms in total. The summed E-state index contributed by atoms with van der Waals surface area (Å²) in [5.74, 6) is -1.22. The maximum absolute atomic E-state index is 12.3. The number of carbonyl (C=O) groups is 3. The van der Waals surface area contributed by atoms with E-state index in [-0.39, 0.29) is 18.6 Å². The Balaban J connectivity index is 2.61. The van der Waals surface area contributed by atoms with E-state index in [1.165, 1.54) is 7.11 Å². The fourth-order valence-electron chi connectivity index (χ4n) is 2.33. The van der Waals surface area contributed by atoms with E-state index in [4.69, 9.17) is 9.84 Å². The highest BCUT2D eigenvalue weighted by Gasteiger charge is 2.20. The molecule has 0 saturated heterocycles. The number of Topliss-reactive ketones (excluding diaryl/α,β-unsaturated/α-hetero) is 1. The predicted molar refractivity (Wildman–Crippen MR) is 90.4 cm³/mol. The van der Waals surface area contributed by atoms with Crippen LogP contribution in [0.4, 0.5) is 0 Å². The summed E-state index contributed by atoms with van der Waals surface area (Å²) in [6, 6.07) is 4.38. The molecule has 1 aromatic rings. The van der Waals surface area contributed by atoms with E-state index >= 15 is 0 Å². The maximum atomic E-state index is 12.3. The molecule has 0 aromatic heterocycles. The van der Waals surface area contributed by atoms with Gasteiger partial charge in [-0.2, -0.15) is 0 Å². The third-order valence-corrected chi connectivity index (χ3v) is 3.71. The Morgan fingerprint density at radius 3 is 2.54 bits per heavy atom. The van der Waals surface area contributed by atoms with Gasteiger partial charge in [0.25, 0.3) is 0 Å². The van der Waals surface area contributed by atoms with Gasteiger partial charge in [-0.1, -0.05) is 31.4 Å². The Bertz CT molecular complexity index is 597. The fourth-order valence-corrected chi connectivity index (χ4v) is 2.33. The van der Waals surface area contributed by atoms with Gasteiger partial charge < -0.3 is 15.2 Å². The van der Waals surface area contributed by atoms with Crippen LogP contribution in [0.5, 0.6) is 5.75 Å². The highest BCUT2D eigenvalue weighted by molar-refractivity contribution is 6.00. The van der Waals surface area contributed by atoms with Crippen LogP contribution in [0.3, 0.4) is 0 Å². The van der Waals surface area contributed by atoms with E-state index < -0.39 is 17.9 Å². The van der Waals surface area contributed by atoms with Crippen molar-refractivity contribution in [2.24, 2.45) is 0 Å². The highest BCUT2D eigenvalue weighted by atomic mass is 16.5. The molecule has 6 heteroatoms. The normalized spacial score (nSPS) is 11.6. The molecule has 1 unspecified atom stereocenters. The van der Waals surface area contributed by atoms with Gasteiger partial charge in [0.1, 0.15) is 11.8 Å². The molecule has 0 aliphatic heterocycles. The van der Waals surface area contributed by atoms with Gasteiger partial charge in [-0.3, -0.25) is 9.59 Å². The van der Waals surface area contributed by atoms with Crippen LogP contribution in [-0.4, -0.2) is 35.9 Å². The quantitative estimate of drug-likeness (QED) is 0.641. The lowest BCUT2D eigenvalue weighted by Gasteiger charge is -2.14. The number of carbonyl (C=O) groups excluding carboxylic acids is 2. The molecular weight excluding hydrogens is 310 g/mol. The zero-order valence-electron chi connectivity index (χ0n) is 14.4. The van der Waals surface area contributed by atoms with Crippen LogP contribution in [-0.2, 0) is 9.59 Å². The number of hydrogen-bond donors (Lipinski definition) is 2. The average molecular weight is 335 g/mol. The first-order chi connectivity index (χ1) is 11.4. The minimum Gasteiger partial charge on any atom is -0.496 e. The summed E-state index contributed by atoms with van der Waals surface area (Å²) in [6.07, 6.45) is 1.91. The number of aryl methyl sites for hydroxylation is 1. The lowest BCUT2D eigenvalue weighted by atomic mass is 10.0. The van der Waals surface area contributed by atoms with Gasteiger partial charge in [0.15, 0.2) is 5.78 Å². The van der Waals surface area contributed by atoms with E-state index in [9.17, 15) is 14.4 Å². The van der Waals surface area contributed by atoms with Crippen molar-refractivity contribution >= 4 is 17.7 Å². The monoisotopic (exact) mass is 335 g/mol. The summed E-state index contributed by atoms with van der Waals surface area (Å²) in [5, 5.41) is 11.6. The lowest BCUT2D eigenvalue weighted by Crippen LogP contribution is -2.40. The standard InChI is InChI=1S/C18H25NO5/c1-4-5-6-14(18(22)23)19-17(21)10-8-15(20)13-11-12(2)7-9-16(13)24-3/h7,9,11,14H,4-6,8,10H2,1-3H3,(H,19,21)(H,22,23). The zero-order chi connectivity index (χ0) is 18.1. The number of carboxylic acid groups (broad SMARTS) is 1. The zero-order valence-corrected chi connectivity index (χ0v) is 14.4. The molecule has 1 atom stereocenters. The molecular formula is C18H25NO5. The SMILES string of the molecule is CCCCC(NC(=O)CCC(=O)c1cc(C)ccc1OC)C(=O)O. The molecule has 0 saturated carbocycles. The van der Waals surface area contributed by atoms with Gasteiger partial charge in [-0.15, -0.1) is 0 Å². The number of rotatable bonds is 10. The summed E-state index contributed by atoms with van der Waals surface area (Å²) in [4.78, 5) is 35.3. The van der Waals surface area contributed by atoms with Gasteiger partial charge in [0.05, 0.1) is 12.7 Å². The fraction of sp³-hybridized carbons (Fsp3) is 0.500. The third kappa shape index (κ3) is 6.02. The smallest absolute Gasteiger partial charge is 0.326 e. The van der Waals surface area contributed by atoms with E-state index in [0.29, 0.717) is 17.7 Å². The number of hydrogen-bond acceptors (Lipinski definition) is 4. The maximum Gasteiger partial charge on any atom is 0.326 e. The second-order valence-electron chi connectivity index (χ2n) is 5.73. The molecule has 0 aliphatic carbocycles. The van der Waals surface area contributed by atoms with E-state index in [0.717, 1.165) is 18.4 Å². The van der Waals surface area contributed by atoms with Crippen molar-refractivity contribution in [3.8, 4) is 5.75 Å². The Hall–Kier alpha value is -2.37. The molecule has 0 spiro atoms. The number of ketones is 1. The minimum atomic E-state index is -1.05. The first-order valence-electron chi connectivity index (χ1n) is 8.09. The van der Waals surface area contributed by atoms with Crippen molar-refractivity contribution < 1.29 is 24.2 Å². The Labute approximate surface area is 142 Å². The minimum absolute atomic E-state index is 0.00572. The number of unbranched alkanes of at least 4 members (excludes halogenated alkanes) is 1. The van der Waals surface area contributed by atoms with Crippen LogP contribution in [0.2, 0.25) is 0 Å². The van der Waals surface area contributed by atoms with Crippen LogP contribution in [0.25, 0.3) is 0 Å². The molecule has 0 bridgehead atoms. The lowest BCUT2D eigenvalue weighted by molar-refractivity contribution is -0.142. The number of aliphatic carboxylic acids is 1. The molecule has 132 valence electrons. The summed E-state index contributed by atoms with van der Waals surface area (Å²) < 4.78 is 5.17. The number of amides is 1. The molecule has 0 heterocycles. The van der Waals surface area contributed by atoms with Crippen LogP contribution >= 0.6 is 0 Å². The van der Waals surface area contributed by atoms with E-state index in [2.05, 4.69) is 5.32 Å². The predicted octanol–water partition coefficient (Wildman–Crippen LogP) is 2.73. The van der Waals surface area contributed by atoms with E-state index in [1.54, 1.807) is 12.1 Å². The Morgan fingerprint density at radius 2 is 1.96 bits per heavy atom. The summed E-state index contributed by atoms with van der Waals surface area (Å²) in [6.45, 7) is 3.82. The number of carboxylic acids is 1. The van der Waals surface area contributed by atoms with Crippen molar-refractivity contribution in [1.29, 1.82) is 0 Å². The Morgan fingerprint density at radius 1 is 1.25 bits per heavy atom. The topological polar surface area (TPSA) is 92.7 Å². The van der Waals surface area contributed by atoms with E-state index in [1.807, 2.05) is 19.9 Å². The van der Waals surface area contributed by atoms with Crippen molar-refractivity contribution in [3.05, 3.63) is 29.3 Å². The second kappa shape index (κ2) is 9.70. The first-order valence-corrected chi connectivity index (χ1v) is 8.09. The third-order valence-electron chi connectivity index (χ3n) is 3.71. The summed E-state index contributed by atoms with van der Waals surface area (Å²) in [5.41, 5.74) is 1.36. The molecule has 2 N–H and O–H groups in total. The van der Waals surface area contributed by atoms with Gasteiger partial charge in [0, 0.05) is 12.8 Å². The molecule has 0 aliphatic rings. The molecule has 1 aromatic carbocycles. The van der Waals surface area contributed by atoms with Crippen molar-refractivity contribution in [3.63, 3.8) is 0 Å². The van der Waals surface area contributed by atoms with Gasteiger partial charge in [-0.25, -0.2) is 4.79 Å². The molecule has 24 heavy (non-hydrogen) atoms. The summed E-state index contributed by atoms with van der Waals surface area (Å²) in [7, 11) is 1.49. The van der Waals surface area contributed by atoms with Crippen molar-refractivity contribution in [2.45, 2.75) is 52.0 Å². The van der Waals surface area contributed by atoms with Crippen LogP contribution in [0.15, 0.2) is 18.2 Å². The van der Waals surface area contributed by atoms with Gasteiger partial charge in [0.2, 0.25) is 5.91 Å². The van der Waals surface area contributed by atoms with Crippen LogP contribution in [0, 0.1) is 6.92 Å². The number of ether oxygens (including phenoxy) is 1. The number of methoxy groups -OCH3 is 1. The van der Waals surface area contributed by atoms with Crippen molar-refractivity contribution in [2.75, 3.05) is 7.11 Å². The molecule has 1 amide bonds. The van der Waals surface area contributed by atoms with Crippen molar-refractivity contribution in [1.82, 2.24) is 5.32 Å². The number of nitrogens with one attached hydrogen (secondary N) is 1. The average Bonchev–Trinajstić information content (AvgIpc) is 2.56. The highest BCUT2D eigenvalue weighted by Crippen LogP contribution is 2.21. The van der Waals surface area contributed by atoms with Crippen LogP contribution in [0.1, 0.15) is 54.9 Å². The molecule has 0 fully saturated rings.